The van der Waals surface area contributed by atoms with E-state index < -0.39 is 0 Å². The molecule has 0 spiro atoms. The maximum absolute atomic E-state index is 5.04. The smallest absolute Gasteiger partial charge is 0.191 e. The van der Waals surface area contributed by atoms with Gasteiger partial charge in [0.2, 0.25) is 0 Å². The van der Waals surface area contributed by atoms with Crippen LogP contribution in [0, 0.1) is 0 Å². The van der Waals surface area contributed by atoms with Crippen molar-refractivity contribution in [3.8, 4) is 0 Å². The molecule has 4 nitrogen and oxygen atoms in total. The van der Waals surface area contributed by atoms with E-state index in [1.807, 2.05) is 0 Å². The van der Waals surface area contributed by atoms with Crippen molar-refractivity contribution in [1.82, 2.24) is 10.6 Å². The van der Waals surface area contributed by atoms with Crippen LogP contribution in [0.4, 0.5) is 0 Å². The van der Waals surface area contributed by atoms with E-state index in [9.17, 15) is 0 Å². The molecule has 0 amide bonds. The van der Waals surface area contributed by atoms with Gasteiger partial charge >= 0.3 is 0 Å². The normalized spacial score (nSPS) is 11.5. The first-order valence-electron chi connectivity index (χ1n) is 7.51. The molecule has 0 saturated carbocycles. The summed E-state index contributed by atoms with van der Waals surface area (Å²) in [5.74, 6) is 0.892. The third-order valence-corrected chi connectivity index (χ3v) is 3.44. The van der Waals surface area contributed by atoms with E-state index in [2.05, 4.69) is 62.7 Å². The second-order valence-electron chi connectivity index (χ2n) is 4.77. The molecular weight excluding hydrogens is 330 g/mol. The van der Waals surface area contributed by atoms with Crippen molar-refractivity contribution in [2.45, 2.75) is 26.2 Å². The van der Waals surface area contributed by atoms with Gasteiger partial charge in [0.05, 0.1) is 0 Å². The lowest BCUT2D eigenvalue weighted by Gasteiger charge is -2.11. The number of benzene rings is 1. The molecule has 0 fully saturated rings. The molecule has 0 radical (unpaired) electrons. The Morgan fingerprint density at radius 1 is 1.29 bits per heavy atom. The van der Waals surface area contributed by atoms with Crippen LogP contribution >= 0.6 is 15.9 Å². The van der Waals surface area contributed by atoms with E-state index in [4.69, 9.17) is 4.74 Å². The molecule has 0 bridgehead atoms. The molecule has 0 aromatic heterocycles. The Morgan fingerprint density at radius 3 is 2.86 bits per heavy atom. The highest BCUT2D eigenvalue weighted by Gasteiger charge is 1.97. The zero-order valence-electron chi connectivity index (χ0n) is 13.0. The minimum atomic E-state index is 0.773. The Labute approximate surface area is 136 Å². The Kier molecular flexibility index (Phi) is 9.91. The van der Waals surface area contributed by atoms with Crippen LogP contribution in [0.2, 0.25) is 0 Å². The number of methoxy groups -OCH3 is 1. The Morgan fingerprint density at radius 2 is 2.14 bits per heavy atom. The first kappa shape index (κ1) is 18.0. The second-order valence-corrected chi connectivity index (χ2v) is 5.68. The molecule has 0 aliphatic carbocycles. The summed E-state index contributed by atoms with van der Waals surface area (Å²) in [5, 5.41) is 6.57. The molecule has 0 saturated heterocycles. The number of ether oxygens (including phenoxy) is 1. The number of nitrogens with zero attached hydrogens (tertiary/aromatic N) is 1. The van der Waals surface area contributed by atoms with Gasteiger partial charge in [0.15, 0.2) is 5.96 Å². The van der Waals surface area contributed by atoms with Crippen LogP contribution in [0.5, 0.6) is 0 Å². The molecule has 0 unspecified atom stereocenters. The largest absolute Gasteiger partial charge is 0.385 e. The van der Waals surface area contributed by atoms with Crippen molar-refractivity contribution >= 4 is 21.9 Å². The third kappa shape index (κ3) is 8.73. The molecule has 0 aliphatic rings. The quantitative estimate of drug-likeness (QED) is 0.406. The van der Waals surface area contributed by atoms with Gasteiger partial charge in [-0.3, -0.25) is 4.99 Å². The molecule has 2 N–H and O–H groups in total. The number of aliphatic imine (C=N–C) groups is 1. The average molecular weight is 356 g/mol. The van der Waals surface area contributed by atoms with Crippen molar-refractivity contribution < 1.29 is 4.74 Å². The number of hydrogen-bond donors (Lipinski definition) is 2. The van der Waals surface area contributed by atoms with E-state index in [0.717, 1.165) is 55.9 Å². The predicted octanol–water partition coefficient (Wildman–Crippen LogP) is 2.97. The fourth-order valence-electron chi connectivity index (χ4n) is 1.93. The number of nitrogens with one attached hydrogen (secondary N) is 2. The molecular formula is C16H26BrN3O. The Bertz CT molecular complexity index is 424. The SMILES string of the molecule is CCNC(=NCCCc1cccc(Br)c1)NCCCOC. The van der Waals surface area contributed by atoms with Crippen LogP contribution in [-0.2, 0) is 11.2 Å². The van der Waals surface area contributed by atoms with Crippen LogP contribution in [0.25, 0.3) is 0 Å². The van der Waals surface area contributed by atoms with Crippen molar-refractivity contribution in [2.75, 3.05) is 33.4 Å². The molecule has 1 rings (SSSR count). The highest BCUT2D eigenvalue weighted by molar-refractivity contribution is 9.10. The molecule has 0 heterocycles. The van der Waals surface area contributed by atoms with Crippen LogP contribution < -0.4 is 10.6 Å². The van der Waals surface area contributed by atoms with Crippen LogP contribution in [0.1, 0.15) is 25.3 Å². The van der Waals surface area contributed by atoms with Gasteiger partial charge in [-0.2, -0.15) is 0 Å². The van der Waals surface area contributed by atoms with E-state index in [1.165, 1.54) is 5.56 Å². The molecule has 0 atom stereocenters. The van der Waals surface area contributed by atoms with Gasteiger partial charge in [-0.1, -0.05) is 28.1 Å². The fourth-order valence-corrected chi connectivity index (χ4v) is 2.38. The van der Waals surface area contributed by atoms with Gasteiger partial charge < -0.3 is 15.4 Å². The molecule has 0 aliphatic heterocycles. The summed E-state index contributed by atoms with van der Waals surface area (Å²) >= 11 is 3.50. The summed E-state index contributed by atoms with van der Waals surface area (Å²) < 4.78 is 6.17. The number of aryl methyl sites for hydroxylation is 1. The molecule has 1 aromatic carbocycles. The van der Waals surface area contributed by atoms with Crippen molar-refractivity contribution in [3.05, 3.63) is 34.3 Å². The minimum Gasteiger partial charge on any atom is -0.385 e. The van der Waals surface area contributed by atoms with Gasteiger partial charge in [-0.05, 0) is 43.9 Å². The highest BCUT2D eigenvalue weighted by Crippen LogP contribution is 2.12. The fraction of sp³-hybridized carbons (Fsp3) is 0.562. The summed E-state index contributed by atoms with van der Waals surface area (Å²) in [4.78, 5) is 4.59. The van der Waals surface area contributed by atoms with Gasteiger partial charge in [-0.15, -0.1) is 0 Å². The van der Waals surface area contributed by atoms with E-state index in [-0.39, 0.29) is 0 Å². The van der Waals surface area contributed by atoms with E-state index in [0.29, 0.717) is 0 Å². The van der Waals surface area contributed by atoms with E-state index in [1.54, 1.807) is 7.11 Å². The standard InChI is InChI=1S/C16H26BrN3O/c1-3-18-16(20-11-6-12-21-2)19-10-5-8-14-7-4-9-15(17)13-14/h4,7,9,13H,3,5-6,8,10-12H2,1-2H3,(H2,18,19,20). The first-order valence-corrected chi connectivity index (χ1v) is 8.31. The van der Waals surface area contributed by atoms with Crippen molar-refractivity contribution in [2.24, 2.45) is 4.99 Å². The zero-order chi connectivity index (χ0) is 15.3. The number of rotatable bonds is 9. The summed E-state index contributed by atoms with van der Waals surface area (Å²) in [6, 6.07) is 8.44. The predicted molar refractivity (Wildman–Crippen MR) is 92.9 cm³/mol. The van der Waals surface area contributed by atoms with Crippen LogP contribution in [-0.4, -0.2) is 39.3 Å². The maximum atomic E-state index is 5.04. The summed E-state index contributed by atoms with van der Waals surface area (Å²) in [6.07, 6.45) is 3.08. The van der Waals surface area contributed by atoms with Gasteiger partial charge in [0.25, 0.3) is 0 Å². The number of hydrogen-bond acceptors (Lipinski definition) is 2. The van der Waals surface area contributed by atoms with Gasteiger partial charge in [0.1, 0.15) is 0 Å². The molecule has 21 heavy (non-hydrogen) atoms. The monoisotopic (exact) mass is 355 g/mol. The zero-order valence-corrected chi connectivity index (χ0v) is 14.6. The van der Waals surface area contributed by atoms with Gasteiger partial charge in [-0.25, -0.2) is 0 Å². The van der Waals surface area contributed by atoms with Crippen molar-refractivity contribution in [3.63, 3.8) is 0 Å². The Hall–Kier alpha value is -1.07. The third-order valence-electron chi connectivity index (χ3n) is 2.94. The first-order chi connectivity index (χ1) is 10.3. The maximum Gasteiger partial charge on any atom is 0.191 e. The highest BCUT2D eigenvalue weighted by atomic mass is 79.9. The second kappa shape index (κ2) is 11.6. The molecule has 1 aromatic rings. The lowest BCUT2D eigenvalue weighted by atomic mass is 10.1. The van der Waals surface area contributed by atoms with Crippen molar-refractivity contribution in [1.29, 1.82) is 0 Å². The molecule has 5 heteroatoms. The van der Waals surface area contributed by atoms with Crippen LogP contribution in [0.3, 0.4) is 0 Å². The average Bonchev–Trinajstić information content (AvgIpc) is 2.48. The number of halogens is 1. The Balaban J connectivity index is 2.29. The van der Waals surface area contributed by atoms with Crippen LogP contribution in [0.15, 0.2) is 33.7 Å². The van der Waals surface area contributed by atoms with E-state index >= 15 is 0 Å². The number of guanidine groups is 1. The topological polar surface area (TPSA) is 45.7 Å². The minimum absolute atomic E-state index is 0.773. The summed E-state index contributed by atoms with van der Waals surface area (Å²) in [5.41, 5.74) is 1.35. The summed E-state index contributed by atoms with van der Waals surface area (Å²) in [7, 11) is 1.72. The molecule has 118 valence electrons. The lowest BCUT2D eigenvalue weighted by molar-refractivity contribution is 0.195. The lowest BCUT2D eigenvalue weighted by Crippen LogP contribution is -2.38. The summed E-state index contributed by atoms with van der Waals surface area (Å²) in [6.45, 7) is 5.43. The van der Waals surface area contributed by atoms with Gasteiger partial charge in [0, 0.05) is 37.8 Å².